The van der Waals surface area contributed by atoms with Crippen LogP contribution in [0.5, 0.6) is 0 Å². The molecule has 2 aliphatic heterocycles. The first kappa shape index (κ1) is 13.8. The molecule has 0 saturated carbocycles. The van der Waals surface area contributed by atoms with E-state index in [2.05, 4.69) is 27.4 Å². The summed E-state index contributed by atoms with van der Waals surface area (Å²) in [5.74, 6) is 1.32. The van der Waals surface area contributed by atoms with E-state index in [4.69, 9.17) is 11.6 Å². The van der Waals surface area contributed by atoms with Gasteiger partial charge in [0.15, 0.2) is 5.15 Å². The van der Waals surface area contributed by atoms with Gasteiger partial charge < -0.3 is 10.6 Å². The van der Waals surface area contributed by atoms with Gasteiger partial charge >= 0.3 is 0 Å². The topological polar surface area (TPSA) is 57.3 Å². The van der Waals surface area contributed by atoms with Gasteiger partial charge in [0, 0.05) is 18.8 Å². The molecule has 0 bridgehead atoms. The summed E-state index contributed by atoms with van der Waals surface area (Å²) in [5.41, 5.74) is 0.577. The number of anilines is 1. The molecule has 2 N–H and O–H groups in total. The molecule has 2 saturated heterocycles. The van der Waals surface area contributed by atoms with Crippen molar-refractivity contribution in [1.29, 1.82) is 0 Å². The molecule has 0 aromatic carbocycles. The van der Waals surface area contributed by atoms with Gasteiger partial charge in [-0.3, -0.25) is 9.69 Å². The van der Waals surface area contributed by atoms with Crippen LogP contribution in [-0.4, -0.2) is 48.0 Å². The summed E-state index contributed by atoms with van der Waals surface area (Å²) in [6, 6.07) is 3.97. The Kier molecular flexibility index (Phi) is 3.92. The smallest absolute Gasteiger partial charge is 0.238 e. The number of pyridine rings is 1. The number of hydrogen-bond acceptors (Lipinski definition) is 4. The molecule has 1 aromatic heterocycles. The minimum Gasteiger partial charge on any atom is -0.322 e. The van der Waals surface area contributed by atoms with Crippen molar-refractivity contribution in [1.82, 2.24) is 15.2 Å². The lowest BCUT2D eigenvalue weighted by Gasteiger charge is -2.23. The zero-order chi connectivity index (χ0) is 14.1. The Morgan fingerprint density at radius 2 is 2.45 bits per heavy atom. The SMILES string of the molecule is CC1C2CNCC2CN1CC(=O)Nc1cccnc1Cl. The van der Waals surface area contributed by atoms with Crippen LogP contribution >= 0.6 is 11.6 Å². The molecular weight excluding hydrogens is 276 g/mol. The van der Waals surface area contributed by atoms with Crippen molar-refractivity contribution in [3.8, 4) is 0 Å². The number of hydrogen-bond donors (Lipinski definition) is 2. The molecule has 6 heteroatoms. The maximum absolute atomic E-state index is 12.1. The Hall–Kier alpha value is -1.17. The second-order valence-corrected chi connectivity index (χ2v) is 6.00. The van der Waals surface area contributed by atoms with E-state index < -0.39 is 0 Å². The fraction of sp³-hybridized carbons (Fsp3) is 0.571. The average Bonchev–Trinajstić information content (AvgIpc) is 2.97. The fourth-order valence-corrected chi connectivity index (χ4v) is 3.48. The molecule has 0 spiro atoms. The molecule has 0 aliphatic carbocycles. The van der Waals surface area contributed by atoms with Crippen LogP contribution in [0.4, 0.5) is 5.69 Å². The summed E-state index contributed by atoms with van der Waals surface area (Å²) in [7, 11) is 0. The number of nitrogens with zero attached hydrogens (tertiary/aromatic N) is 2. The highest BCUT2D eigenvalue weighted by molar-refractivity contribution is 6.32. The molecule has 3 heterocycles. The number of halogens is 1. The molecule has 20 heavy (non-hydrogen) atoms. The van der Waals surface area contributed by atoms with Gasteiger partial charge in [0.05, 0.1) is 12.2 Å². The molecule has 3 atom stereocenters. The molecular formula is C14H19ClN4O. The number of nitrogens with one attached hydrogen (secondary N) is 2. The van der Waals surface area contributed by atoms with Gasteiger partial charge in [-0.1, -0.05) is 11.6 Å². The van der Waals surface area contributed by atoms with Crippen LogP contribution in [0.15, 0.2) is 18.3 Å². The van der Waals surface area contributed by atoms with Crippen LogP contribution in [-0.2, 0) is 4.79 Å². The zero-order valence-corrected chi connectivity index (χ0v) is 12.2. The van der Waals surface area contributed by atoms with Crippen molar-refractivity contribution >= 4 is 23.2 Å². The molecule has 2 aliphatic rings. The second-order valence-electron chi connectivity index (χ2n) is 5.64. The van der Waals surface area contributed by atoms with Gasteiger partial charge in [0.1, 0.15) is 0 Å². The molecule has 108 valence electrons. The van der Waals surface area contributed by atoms with Crippen LogP contribution < -0.4 is 10.6 Å². The summed E-state index contributed by atoms with van der Waals surface area (Å²) in [6.45, 7) is 5.76. The van der Waals surface area contributed by atoms with Crippen molar-refractivity contribution in [3.05, 3.63) is 23.5 Å². The molecule has 1 amide bonds. The van der Waals surface area contributed by atoms with Gasteiger partial charge in [-0.25, -0.2) is 4.98 Å². The van der Waals surface area contributed by atoms with Crippen LogP contribution in [0, 0.1) is 11.8 Å². The first-order chi connectivity index (χ1) is 9.65. The van der Waals surface area contributed by atoms with Crippen molar-refractivity contribution < 1.29 is 4.79 Å². The molecule has 3 unspecified atom stereocenters. The van der Waals surface area contributed by atoms with E-state index in [-0.39, 0.29) is 5.91 Å². The minimum atomic E-state index is -0.0281. The van der Waals surface area contributed by atoms with Crippen molar-refractivity contribution in [2.24, 2.45) is 11.8 Å². The minimum absolute atomic E-state index is 0.0281. The van der Waals surface area contributed by atoms with Crippen molar-refractivity contribution in [2.75, 3.05) is 31.5 Å². The Balaban J connectivity index is 1.59. The maximum Gasteiger partial charge on any atom is 0.238 e. The van der Waals surface area contributed by atoms with Crippen LogP contribution in [0.3, 0.4) is 0 Å². The number of aromatic nitrogens is 1. The third kappa shape index (κ3) is 2.66. The third-order valence-corrected chi connectivity index (χ3v) is 4.74. The standard InChI is InChI=1S/C14H19ClN4O/c1-9-11-6-16-5-10(11)7-19(9)8-13(20)18-12-3-2-4-17-14(12)15/h2-4,9-11,16H,5-8H2,1H3,(H,18,20). The summed E-state index contributed by atoms with van der Waals surface area (Å²) < 4.78 is 0. The van der Waals surface area contributed by atoms with E-state index in [0.717, 1.165) is 19.6 Å². The predicted octanol–water partition coefficient (Wildman–Crippen LogP) is 1.21. The van der Waals surface area contributed by atoms with E-state index in [9.17, 15) is 4.79 Å². The normalized spacial score (nSPS) is 29.4. The monoisotopic (exact) mass is 294 g/mol. The van der Waals surface area contributed by atoms with Crippen LogP contribution in [0.2, 0.25) is 5.15 Å². The fourth-order valence-electron chi connectivity index (χ4n) is 3.32. The number of amides is 1. The molecule has 3 rings (SSSR count). The Morgan fingerprint density at radius 1 is 1.60 bits per heavy atom. The lowest BCUT2D eigenvalue weighted by Crippen LogP contribution is -2.38. The van der Waals surface area contributed by atoms with Gasteiger partial charge in [-0.05, 0) is 44.0 Å². The number of carbonyl (C=O) groups is 1. The van der Waals surface area contributed by atoms with Crippen LogP contribution in [0.25, 0.3) is 0 Å². The lowest BCUT2D eigenvalue weighted by atomic mass is 9.95. The summed E-state index contributed by atoms with van der Waals surface area (Å²) in [4.78, 5) is 18.3. The van der Waals surface area contributed by atoms with E-state index in [1.54, 1.807) is 18.3 Å². The molecule has 5 nitrogen and oxygen atoms in total. The van der Waals surface area contributed by atoms with Crippen molar-refractivity contribution in [2.45, 2.75) is 13.0 Å². The summed E-state index contributed by atoms with van der Waals surface area (Å²) in [5, 5.41) is 6.59. The van der Waals surface area contributed by atoms with Crippen LogP contribution in [0.1, 0.15) is 6.92 Å². The lowest BCUT2D eigenvalue weighted by molar-refractivity contribution is -0.117. The molecule has 2 fully saturated rings. The highest BCUT2D eigenvalue weighted by Crippen LogP contribution is 2.32. The van der Waals surface area contributed by atoms with Gasteiger partial charge in [-0.15, -0.1) is 0 Å². The van der Waals surface area contributed by atoms with E-state index in [0.29, 0.717) is 35.3 Å². The second kappa shape index (κ2) is 5.68. The number of fused-ring (bicyclic) bond motifs is 1. The quantitative estimate of drug-likeness (QED) is 0.823. The average molecular weight is 295 g/mol. The third-order valence-electron chi connectivity index (χ3n) is 4.44. The Bertz CT molecular complexity index is 510. The first-order valence-corrected chi connectivity index (χ1v) is 7.38. The Labute approximate surface area is 123 Å². The van der Waals surface area contributed by atoms with E-state index in [1.165, 1.54) is 0 Å². The summed E-state index contributed by atoms with van der Waals surface area (Å²) >= 11 is 5.94. The predicted molar refractivity (Wildman–Crippen MR) is 78.8 cm³/mol. The highest BCUT2D eigenvalue weighted by atomic mass is 35.5. The molecule has 1 aromatic rings. The van der Waals surface area contributed by atoms with Gasteiger partial charge in [0.2, 0.25) is 5.91 Å². The largest absolute Gasteiger partial charge is 0.322 e. The van der Waals surface area contributed by atoms with Crippen molar-refractivity contribution in [3.63, 3.8) is 0 Å². The highest BCUT2D eigenvalue weighted by Gasteiger charge is 2.42. The maximum atomic E-state index is 12.1. The molecule has 0 radical (unpaired) electrons. The van der Waals surface area contributed by atoms with Gasteiger partial charge in [-0.2, -0.15) is 0 Å². The van der Waals surface area contributed by atoms with Gasteiger partial charge in [0.25, 0.3) is 0 Å². The number of rotatable bonds is 3. The number of likely N-dealkylation sites (tertiary alicyclic amines) is 1. The van der Waals surface area contributed by atoms with E-state index in [1.807, 2.05) is 0 Å². The summed E-state index contributed by atoms with van der Waals surface area (Å²) in [6.07, 6.45) is 1.61. The zero-order valence-electron chi connectivity index (χ0n) is 11.5. The Morgan fingerprint density at radius 3 is 3.20 bits per heavy atom. The number of carbonyl (C=O) groups excluding carboxylic acids is 1. The first-order valence-electron chi connectivity index (χ1n) is 7.00. The van der Waals surface area contributed by atoms with E-state index >= 15 is 0 Å².